The molecule has 4 aromatic rings. The van der Waals surface area contributed by atoms with Crippen LogP contribution in [-0.2, 0) is 21.5 Å². The van der Waals surface area contributed by atoms with Crippen LogP contribution in [0.2, 0.25) is 0 Å². The predicted octanol–water partition coefficient (Wildman–Crippen LogP) is 3.41. The standard InChI is InChI=1S/C24H19N3O3/c1-24(17-12-27-10-9-19(28)15-7-4-6-14(17)21(15)27)20(22(29)26-23(24)30)16-11-25-18-8-3-2-5-13(16)18/h2-8,11-12,20,25H,9-10H2,1H3,(H,26,29,30)/t20-,24+/m1/s1. The van der Waals surface area contributed by atoms with Gasteiger partial charge in [-0.05, 0) is 30.2 Å². The zero-order chi connectivity index (χ0) is 20.6. The van der Waals surface area contributed by atoms with E-state index in [2.05, 4.69) is 14.9 Å². The number of nitrogens with zero attached hydrogens (tertiary/aromatic N) is 1. The number of aryl methyl sites for hydroxylation is 1. The van der Waals surface area contributed by atoms with Crippen molar-refractivity contribution in [3.8, 4) is 0 Å². The highest BCUT2D eigenvalue weighted by Crippen LogP contribution is 2.48. The van der Waals surface area contributed by atoms with Crippen molar-refractivity contribution in [1.82, 2.24) is 14.9 Å². The minimum Gasteiger partial charge on any atom is -0.361 e. The summed E-state index contributed by atoms with van der Waals surface area (Å²) in [5, 5.41) is 4.36. The van der Waals surface area contributed by atoms with E-state index in [0.717, 1.165) is 32.9 Å². The van der Waals surface area contributed by atoms with Crippen LogP contribution in [0, 0.1) is 0 Å². The number of imide groups is 1. The summed E-state index contributed by atoms with van der Waals surface area (Å²) < 4.78 is 2.05. The summed E-state index contributed by atoms with van der Waals surface area (Å²) in [5.74, 6) is -1.16. The van der Waals surface area contributed by atoms with E-state index in [1.807, 2.05) is 61.8 Å². The molecule has 1 saturated heterocycles. The van der Waals surface area contributed by atoms with Crippen LogP contribution >= 0.6 is 0 Å². The molecule has 6 nitrogen and oxygen atoms in total. The largest absolute Gasteiger partial charge is 0.361 e. The molecule has 2 aromatic carbocycles. The van der Waals surface area contributed by atoms with Crippen molar-refractivity contribution in [2.24, 2.45) is 0 Å². The Morgan fingerprint density at radius 2 is 1.83 bits per heavy atom. The number of aromatic amines is 1. The molecule has 0 saturated carbocycles. The highest BCUT2D eigenvalue weighted by Gasteiger charge is 2.55. The third-order valence-corrected chi connectivity index (χ3v) is 6.82. The van der Waals surface area contributed by atoms with E-state index >= 15 is 0 Å². The van der Waals surface area contributed by atoms with Crippen molar-refractivity contribution in [3.63, 3.8) is 0 Å². The molecule has 6 heteroatoms. The lowest BCUT2D eigenvalue weighted by molar-refractivity contribution is -0.126. The van der Waals surface area contributed by atoms with E-state index in [0.29, 0.717) is 18.5 Å². The number of carbonyl (C=O) groups excluding carboxylic acids is 3. The average Bonchev–Trinajstić information content (AvgIpc) is 3.39. The molecule has 0 radical (unpaired) electrons. The Balaban J connectivity index is 1.64. The highest BCUT2D eigenvalue weighted by molar-refractivity contribution is 6.17. The number of benzene rings is 2. The summed E-state index contributed by atoms with van der Waals surface area (Å²) in [7, 11) is 0. The molecule has 6 rings (SSSR count). The van der Waals surface area contributed by atoms with Gasteiger partial charge in [0.05, 0.1) is 16.8 Å². The molecule has 2 amide bonds. The second kappa shape index (κ2) is 5.69. The molecule has 2 aliphatic rings. The number of nitrogens with one attached hydrogen (secondary N) is 2. The maximum Gasteiger partial charge on any atom is 0.238 e. The van der Waals surface area contributed by atoms with E-state index in [1.165, 1.54) is 0 Å². The lowest BCUT2D eigenvalue weighted by Gasteiger charge is -2.27. The summed E-state index contributed by atoms with van der Waals surface area (Å²) in [4.78, 5) is 42.0. The summed E-state index contributed by atoms with van der Waals surface area (Å²) in [6.07, 6.45) is 4.23. The SMILES string of the molecule is C[C@@]1(c2cn3c4c(cccc24)C(=O)CC3)C(=O)NC(=O)[C@H]1c1c[nH]c2ccccc12. The first kappa shape index (κ1) is 17.2. The van der Waals surface area contributed by atoms with E-state index in [9.17, 15) is 14.4 Å². The topological polar surface area (TPSA) is 84.0 Å². The Bertz CT molecular complexity index is 1410. The van der Waals surface area contributed by atoms with Crippen molar-refractivity contribution < 1.29 is 14.4 Å². The van der Waals surface area contributed by atoms with Crippen molar-refractivity contribution in [1.29, 1.82) is 0 Å². The molecule has 2 atom stereocenters. The molecule has 1 fully saturated rings. The van der Waals surface area contributed by atoms with Crippen molar-refractivity contribution >= 4 is 39.4 Å². The van der Waals surface area contributed by atoms with Crippen LogP contribution in [-0.4, -0.2) is 27.1 Å². The van der Waals surface area contributed by atoms with E-state index in [4.69, 9.17) is 0 Å². The lowest BCUT2D eigenvalue weighted by Crippen LogP contribution is -2.35. The summed E-state index contributed by atoms with van der Waals surface area (Å²) in [5.41, 5.74) is 2.97. The Morgan fingerprint density at radius 3 is 2.70 bits per heavy atom. The van der Waals surface area contributed by atoms with Gasteiger partial charge in [0.25, 0.3) is 0 Å². The van der Waals surface area contributed by atoms with Crippen LogP contribution in [0.4, 0.5) is 0 Å². The molecule has 0 spiro atoms. The number of Topliss-reactive ketones (excluding diaryl/α,β-unsaturated/α-hetero) is 1. The van der Waals surface area contributed by atoms with Crippen LogP contribution in [0.3, 0.4) is 0 Å². The molecule has 0 aliphatic carbocycles. The van der Waals surface area contributed by atoms with Gasteiger partial charge in [-0.3, -0.25) is 19.7 Å². The molecule has 2 aliphatic heterocycles. The Morgan fingerprint density at radius 1 is 1.03 bits per heavy atom. The average molecular weight is 397 g/mol. The second-order valence-electron chi connectivity index (χ2n) is 8.35. The quantitative estimate of drug-likeness (QED) is 0.509. The maximum absolute atomic E-state index is 13.2. The number of carbonyl (C=O) groups is 3. The van der Waals surface area contributed by atoms with Crippen LogP contribution in [0.25, 0.3) is 21.8 Å². The predicted molar refractivity (Wildman–Crippen MR) is 112 cm³/mol. The third-order valence-electron chi connectivity index (χ3n) is 6.82. The Labute approximate surface area is 171 Å². The minimum absolute atomic E-state index is 0.114. The monoisotopic (exact) mass is 397 g/mol. The van der Waals surface area contributed by atoms with Gasteiger partial charge in [-0.15, -0.1) is 0 Å². The zero-order valence-corrected chi connectivity index (χ0v) is 16.4. The molecule has 2 aromatic heterocycles. The molecule has 148 valence electrons. The van der Waals surface area contributed by atoms with Gasteiger partial charge in [-0.25, -0.2) is 0 Å². The smallest absolute Gasteiger partial charge is 0.238 e. The van der Waals surface area contributed by atoms with E-state index < -0.39 is 11.3 Å². The fourth-order valence-corrected chi connectivity index (χ4v) is 5.30. The number of para-hydroxylation sites is 2. The van der Waals surface area contributed by atoms with Gasteiger partial charge >= 0.3 is 0 Å². The van der Waals surface area contributed by atoms with Gasteiger partial charge in [-0.2, -0.15) is 0 Å². The molecular formula is C24H19N3O3. The number of hydrogen-bond acceptors (Lipinski definition) is 3. The van der Waals surface area contributed by atoms with E-state index in [-0.39, 0.29) is 17.6 Å². The number of ketones is 1. The molecule has 30 heavy (non-hydrogen) atoms. The Kier molecular flexibility index (Phi) is 3.26. The normalized spacial score (nSPS) is 23.5. The first-order valence-corrected chi connectivity index (χ1v) is 10.1. The fourth-order valence-electron chi connectivity index (χ4n) is 5.30. The minimum atomic E-state index is -1.09. The van der Waals surface area contributed by atoms with Gasteiger partial charge in [0, 0.05) is 47.2 Å². The molecule has 4 heterocycles. The van der Waals surface area contributed by atoms with Crippen LogP contribution < -0.4 is 5.32 Å². The number of amides is 2. The fraction of sp³-hybridized carbons (Fsp3) is 0.208. The van der Waals surface area contributed by atoms with Crippen molar-refractivity contribution in [3.05, 3.63) is 71.5 Å². The van der Waals surface area contributed by atoms with Gasteiger partial charge in [0.2, 0.25) is 11.8 Å². The zero-order valence-electron chi connectivity index (χ0n) is 16.4. The lowest BCUT2D eigenvalue weighted by atomic mass is 9.70. The number of hydrogen-bond donors (Lipinski definition) is 2. The third kappa shape index (κ3) is 2.00. The number of rotatable bonds is 2. The van der Waals surface area contributed by atoms with Gasteiger partial charge in [-0.1, -0.05) is 30.3 Å². The molecular weight excluding hydrogens is 378 g/mol. The second-order valence-corrected chi connectivity index (χ2v) is 8.35. The van der Waals surface area contributed by atoms with Crippen molar-refractivity contribution in [2.45, 2.75) is 31.2 Å². The summed E-state index contributed by atoms with van der Waals surface area (Å²) in [6, 6.07) is 13.4. The highest BCUT2D eigenvalue weighted by atomic mass is 16.2. The van der Waals surface area contributed by atoms with Gasteiger partial charge in [0.1, 0.15) is 0 Å². The number of H-pyrrole nitrogens is 1. The number of fused-ring (bicyclic) bond motifs is 1. The maximum atomic E-state index is 13.2. The Hall–Kier alpha value is -3.67. The summed E-state index contributed by atoms with van der Waals surface area (Å²) >= 11 is 0. The molecule has 2 N–H and O–H groups in total. The van der Waals surface area contributed by atoms with Crippen LogP contribution in [0.5, 0.6) is 0 Å². The van der Waals surface area contributed by atoms with E-state index in [1.54, 1.807) is 0 Å². The van der Waals surface area contributed by atoms with Crippen molar-refractivity contribution in [2.75, 3.05) is 0 Å². The van der Waals surface area contributed by atoms with Crippen LogP contribution in [0.1, 0.15) is 40.7 Å². The molecule has 0 unspecified atom stereocenters. The number of aromatic nitrogens is 2. The van der Waals surface area contributed by atoms with Crippen LogP contribution in [0.15, 0.2) is 54.9 Å². The van der Waals surface area contributed by atoms with Gasteiger partial charge in [0.15, 0.2) is 5.78 Å². The first-order chi connectivity index (χ1) is 14.5. The van der Waals surface area contributed by atoms with Gasteiger partial charge < -0.3 is 9.55 Å². The molecule has 0 bridgehead atoms. The first-order valence-electron chi connectivity index (χ1n) is 10.1. The summed E-state index contributed by atoms with van der Waals surface area (Å²) in [6.45, 7) is 2.42.